The third kappa shape index (κ3) is 5.17. The Morgan fingerprint density at radius 1 is 1.09 bits per heavy atom. The van der Waals surface area contributed by atoms with Gasteiger partial charge in [0.25, 0.3) is 0 Å². The van der Waals surface area contributed by atoms with Crippen molar-refractivity contribution < 1.29 is 27.1 Å². The number of hydrogen-bond donors (Lipinski definition) is 1. The van der Waals surface area contributed by atoms with E-state index in [1.54, 1.807) is 18.2 Å². The fourth-order valence-electron chi connectivity index (χ4n) is 4.11. The van der Waals surface area contributed by atoms with Gasteiger partial charge < -0.3 is 19.5 Å². The average molecular weight is 498 g/mol. The van der Waals surface area contributed by atoms with Gasteiger partial charge in [-0.2, -0.15) is 13.2 Å². The molecule has 2 saturated heterocycles. The maximum absolute atomic E-state index is 15.0. The van der Waals surface area contributed by atoms with E-state index >= 15 is 0 Å². The lowest BCUT2D eigenvalue weighted by Crippen LogP contribution is -2.46. The molecule has 4 rings (SSSR count). The van der Waals surface area contributed by atoms with Crippen molar-refractivity contribution in [3.8, 4) is 0 Å². The lowest BCUT2D eigenvalue weighted by molar-refractivity contribution is -0.137. The topological polar surface area (TPSA) is 65.3 Å². The summed E-state index contributed by atoms with van der Waals surface area (Å²) in [5.41, 5.74) is 1.76. The van der Waals surface area contributed by atoms with Gasteiger partial charge in [-0.05, 0) is 36.4 Å². The van der Waals surface area contributed by atoms with Crippen LogP contribution in [0, 0.1) is 5.82 Å². The average Bonchev–Trinajstić information content (AvgIpc) is 3.18. The third-order valence-electron chi connectivity index (χ3n) is 5.83. The second-order valence-electron chi connectivity index (χ2n) is 8.08. The molecule has 1 amide bonds. The minimum Gasteiger partial charge on any atom is -0.442 e. The van der Waals surface area contributed by atoms with Gasteiger partial charge in [0.05, 0.1) is 35.5 Å². The van der Waals surface area contributed by atoms with E-state index < -0.39 is 29.8 Å². The number of ether oxygens (including phenoxy) is 1. The first-order valence-electron chi connectivity index (χ1n) is 10.6. The number of hydrogen-bond acceptors (Lipinski definition) is 6. The molecular weight excluding hydrogens is 474 g/mol. The molecule has 2 aliphatic rings. The van der Waals surface area contributed by atoms with Crippen LogP contribution in [0.5, 0.6) is 0 Å². The second-order valence-corrected chi connectivity index (χ2v) is 8.29. The molecule has 34 heavy (non-hydrogen) atoms. The number of carbonyl (C=O) groups is 1. The molecule has 2 aromatic carbocycles. The Labute approximate surface area is 199 Å². The van der Waals surface area contributed by atoms with E-state index in [1.807, 2.05) is 9.80 Å². The number of hydrazine groups is 1. The van der Waals surface area contributed by atoms with Crippen molar-refractivity contribution in [2.75, 3.05) is 54.0 Å². The van der Waals surface area contributed by atoms with Gasteiger partial charge in [-0.15, -0.1) is 0 Å². The molecule has 2 aromatic rings. The van der Waals surface area contributed by atoms with Gasteiger partial charge in [-0.25, -0.2) is 15.0 Å². The molecule has 2 heterocycles. The van der Waals surface area contributed by atoms with E-state index in [0.717, 1.165) is 12.1 Å². The van der Waals surface area contributed by atoms with Gasteiger partial charge >= 0.3 is 12.3 Å². The van der Waals surface area contributed by atoms with Gasteiger partial charge in [0.1, 0.15) is 11.9 Å². The van der Waals surface area contributed by atoms with Crippen molar-refractivity contribution in [2.24, 2.45) is 5.84 Å². The number of nitrogens with zero attached hydrogens (tertiary/aromatic N) is 4. The minimum atomic E-state index is -4.40. The molecule has 0 saturated carbocycles. The van der Waals surface area contributed by atoms with E-state index in [2.05, 4.69) is 0 Å². The summed E-state index contributed by atoms with van der Waals surface area (Å²) < 4.78 is 59.3. The van der Waals surface area contributed by atoms with Gasteiger partial charge in [-0.1, -0.05) is 18.3 Å². The van der Waals surface area contributed by atoms with Gasteiger partial charge in [-0.3, -0.25) is 4.90 Å². The zero-order chi connectivity index (χ0) is 24.5. The number of cyclic esters (lactones) is 1. The summed E-state index contributed by atoms with van der Waals surface area (Å²) in [6, 6.07) is 9.70. The number of amides is 1. The predicted molar refractivity (Wildman–Crippen MR) is 124 cm³/mol. The number of halogens is 4. The number of thiocarbonyl (C=S) groups is 1. The van der Waals surface area contributed by atoms with Crippen LogP contribution in [0.4, 0.5) is 39.4 Å². The minimum absolute atomic E-state index is 0.212. The third-order valence-corrected chi connectivity index (χ3v) is 6.10. The summed E-state index contributed by atoms with van der Waals surface area (Å²) in [4.78, 5) is 17.2. The van der Waals surface area contributed by atoms with Gasteiger partial charge in [0.2, 0.25) is 0 Å². The van der Waals surface area contributed by atoms with Crippen molar-refractivity contribution in [3.05, 3.63) is 53.8 Å². The smallest absolute Gasteiger partial charge is 0.416 e. The maximum Gasteiger partial charge on any atom is 0.416 e. The van der Waals surface area contributed by atoms with Crippen molar-refractivity contribution in [1.82, 2.24) is 5.01 Å². The molecule has 1 atom stereocenters. The van der Waals surface area contributed by atoms with Crippen LogP contribution in [-0.2, 0) is 10.9 Å². The first kappa shape index (κ1) is 24.0. The van der Waals surface area contributed by atoms with E-state index in [0.29, 0.717) is 43.2 Å². The lowest BCUT2D eigenvalue weighted by Gasteiger charge is -2.37. The van der Waals surface area contributed by atoms with Crippen LogP contribution in [0.2, 0.25) is 0 Å². The van der Waals surface area contributed by atoms with Crippen molar-refractivity contribution >= 4 is 40.9 Å². The van der Waals surface area contributed by atoms with Crippen molar-refractivity contribution in [1.29, 1.82) is 0 Å². The largest absolute Gasteiger partial charge is 0.442 e. The number of alkyl halides is 3. The van der Waals surface area contributed by atoms with Gasteiger partial charge in [0, 0.05) is 31.9 Å². The standard InChI is InChI=1S/C22H23F4N5O2S/c23-19-11-17(31-13-18(33-21(31)32)12-30(27)14-34)4-5-20(19)29-8-6-28(7-9-29)16-3-1-2-15(10-16)22(24,25)26/h1-5,10-11,14,18H,6-9,12-13,27H2/t18-/m0/s1. The normalized spacial score (nSPS) is 18.8. The first-order chi connectivity index (χ1) is 16.2. The molecule has 0 aromatic heterocycles. The summed E-state index contributed by atoms with van der Waals surface area (Å²) in [7, 11) is 0. The van der Waals surface area contributed by atoms with Gasteiger partial charge in [0.15, 0.2) is 0 Å². The van der Waals surface area contributed by atoms with Crippen LogP contribution < -0.4 is 20.5 Å². The zero-order valence-corrected chi connectivity index (χ0v) is 18.9. The molecule has 2 aliphatic heterocycles. The van der Waals surface area contributed by atoms with Crippen LogP contribution in [0.1, 0.15) is 5.56 Å². The second kappa shape index (κ2) is 9.63. The Hall–Kier alpha value is -3.12. The highest BCUT2D eigenvalue weighted by Gasteiger charge is 2.34. The summed E-state index contributed by atoms with van der Waals surface area (Å²) in [5, 5.41) is 1.24. The summed E-state index contributed by atoms with van der Waals surface area (Å²) >= 11 is 4.73. The number of piperazine rings is 1. The highest BCUT2D eigenvalue weighted by molar-refractivity contribution is 7.78. The Morgan fingerprint density at radius 2 is 1.79 bits per heavy atom. The van der Waals surface area contributed by atoms with Crippen LogP contribution in [-0.4, -0.2) is 62.0 Å². The Kier molecular flexibility index (Phi) is 6.80. The van der Waals surface area contributed by atoms with Crippen molar-refractivity contribution in [2.45, 2.75) is 12.3 Å². The monoisotopic (exact) mass is 497 g/mol. The van der Waals surface area contributed by atoms with Crippen LogP contribution in [0.15, 0.2) is 42.5 Å². The fraction of sp³-hybridized carbons (Fsp3) is 0.364. The highest BCUT2D eigenvalue weighted by Crippen LogP contribution is 2.33. The lowest BCUT2D eigenvalue weighted by atomic mass is 10.1. The SMILES string of the molecule is NN(C=S)C[C@H]1CN(c2ccc(N3CCN(c4cccc(C(F)(F)F)c4)CC3)c(F)c2)C(=O)O1. The molecule has 0 spiro atoms. The predicted octanol–water partition coefficient (Wildman–Crippen LogP) is 3.63. The number of anilines is 3. The van der Waals surface area contributed by atoms with Crippen molar-refractivity contribution in [3.63, 3.8) is 0 Å². The summed E-state index contributed by atoms with van der Waals surface area (Å²) in [6.45, 7) is 2.19. The number of benzene rings is 2. The molecule has 2 N–H and O–H groups in total. The van der Waals surface area contributed by atoms with Crippen LogP contribution in [0.25, 0.3) is 0 Å². The fourth-order valence-corrected chi connectivity index (χ4v) is 4.20. The van der Waals surface area contributed by atoms with E-state index in [-0.39, 0.29) is 13.1 Å². The summed E-state index contributed by atoms with van der Waals surface area (Å²) in [5.74, 6) is 5.13. The Bertz CT molecular complexity index is 1060. The van der Waals surface area contributed by atoms with E-state index in [9.17, 15) is 22.4 Å². The number of carbonyl (C=O) groups excluding carboxylic acids is 1. The van der Waals surface area contributed by atoms with E-state index in [1.165, 1.54) is 27.5 Å². The molecule has 12 heteroatoms. The molecule has 0 unspecified atom stereocenters. The first-order valence-corrected chi connectivity index (χ1v) is 11.0. The Balaban J connectivity index is 1.40. The number of nitrogens with two attached hydrogens (primary N) is 1. The van der Waals surface area contributed by atoms with Crippen LogP contribution in [0.3, 0.4) is 0 Å². The molecular formula is C22H23F4N5O2S. The quantitative estimate of drug-likeness (QED) is 0.283. The van der Waals surface area contributed by atoms with E-state index in [4.69, 9.17) is 22.8 Å². The molecule has 2 fully saturated rings. The highest BCUT2D eigenvalue weighted by atomic mass is 32.1. The number of rotatable bonds is 6. The molecule has 7 nitrogen and oxygen atoms in total. The molecule has 182 valence electrons. The molecule has 0 aliphatic carbocycles. The Morgan fingerprint density at radius 3 is 2.44 bits per heavy atom. The van der Waals surface area contributed by atoms with Crippen LogP contribution >= 0.6 is 12.2 Å². The molecule has 0 bridgehead atoms. The molecule has 0 radical (unpaired) electrons. The summed E-state index contributed by atoms with van der Waals surface area (Å²) in [6.07, 6.45) is -5.49. The maximum atomic E-state index is 15.0. The zero-order valence-electron chi connectivity index (χ0n) is 18.0.